The van der Waals surface area contributed by atoms with E-state index >= 15 is 0 Å². The minimum atomic E-state index is -0.281. The highest BCUT2D eigenvalue weighted by Gasteiger charge is 2.40. The van der Waals surface area contributed by atoms with Crippen LogP contribution in [0.2, 0.25) is 0 Å². The SMILES string of the molecule is COCCN1C(=O)CC[C@@H](C(=O)NCCn2ccnc2C)[C@H]1c1ccc(C)cc1. The fraction of sp³-hybridized carbons (Fsp3) is 0.500. The van der Waals surface area contributed by atoms with Crippen LogP contribution in [0.3, 0.4) is 0 Å². The predicted molar refractivity (Wildman–Crippen MR) is 110 cm³/mol. The van der Waals surface area contributed by atoms with Crippen LogP contribution in [0.1, 0.15) is 35.8 Å². The predicted octanol–water partition coefficient (Wildman–Crippen LogP) is 2.24. The summed E-state index contributed by atoms with van der Waals surface area (Å²) in [7, 11) is 1.62. The Morgan fingerprint density at radius 3 is 2.66 bits per heavy atom. The highest BCUT2D eigenvalue weighted by Crippen LogP contribution is 2.37. The Morgan fingerprint density at radius 2 is 2.00 bits per heavy atom. The maximum Gasteiger partial charge on any atom is 0.225 e. The van der Waals surface area contributed by atoms with Crippen LogP contribution >= 0.6 is 0 Å². The summed E-state index contributed by atoms with van der Waals surface area (Å²) in [5, 5.41) is 3.06. The number of nitrogens with one attached hydrogen (secondary N) is 1. The number of hydrogen-bond acceptors (Lipinski definition) is 4. The normalized spacial score (nSPS) is 19.4. The lowest BCUT2D eigenvalue weighted by molar-refractivity contribution is -0.144. The number of carbonyl (C=O) groups is 2. The molecule has 7 heteroatoms. The first kappa shape index (κ1) is 21.0. The largest absolute Gasteiger partial charge is 0.383 e. The number of methoxy groups -OCH3 is 1. The fourth-order valence-electron chi connectivity index (χ4n) is 3.93. The zero-order chi connectivity index (χ0) is 20.8. The van der Waals surface area contributed by atoms with Gasteiger partial charge in [-0.1, -0.05) is 29.8 Å². The Balaban J connectivity index is 1.76. The second-order valence-corrected chi connectivity index (χ2v) is 7.54. The second-order valence-electron chi connectivity index (χ2n) is 7.54. The summed E-state index contributed by atoms with van der Waals surface area (Å²) in [5.74, 6) is 0.705. The van der Waals surface area contributed by atoms with E-state index in [9.17, 15) is 9.59 Å². The Labute approximate surface area is 172 Å². The number of piperidine rings is 1. The average Bonchev–Trinajstić information content (AvgIpc) is 3.12. The number of likely N-dealkylation sites (tertiary alicyclic amines) is 1. The molecule has 2 heterocycles. The monoisotopic (exact) mass is 398 g/mol. The molecule has 0 spiro atoms. The number of carbonyl (C=O) groups excluding carboxylic acids is 2. The molecule has 3 rings (SSSR count). The third kappa shape index (κ3) is 5.03. The molecule has 1 saturated heterocycles. The molecule has 0 unspecified atom stereocenters. The number of benzene rings is 1. The summed E-state index contributed by atoms with van der Waals surface area (Å²) in [4.78, 5) is 31.7. The second kappa shape index (κ2) is 9.69. The van der Waals surface area contributed by atoms with Gasteiger partial charge in [-0.2, -0.15) is 0 Å². The summed E-state index contributed by atoms with van der Waals surface area (Å²) in [6.45, 7) is 6.09. The number of aryl methyl sites for hydroxylation is 2. The number of imidazole rings is 1. The van der Waals surface area contributed by atoms with Gasteiger partial charge in [-0.25, -0.2) is 4.98 Å². The summed E-state index contributed by atoms with van der Waals surface area (Å²) >= 11 is 0. The van der Waals surface area contributed by atoms with Crippen molar-refractivity contribution in [2.24, 2.45) is 5.92 Å². The van der Waals surface area contributed by atoms with Crippen LogP contribution in [0, 0.1) is 19.8 Å². The summed E-state index contributed by atoms with van der Waals surface area (Å²) < 4.78 is 7.21. The Morgan fingerprint density at radius 1 is 1.24 bits per heavy atom. The Bertz CT molecular complexity index is 831. The maximum atomic E-state index is 13.1. The molecule has 1 aromatic carbocycles. The minimum Gasteiger partial charge on any atom is -0.383 e. The van der Waals surface area contributed by atoms with Crippen LogP contribution in [0.5, 0.6) is 0 Å². The number of amides is 2. The van der Waals surface area contributed by atoms with Crippen molar-refractivity contribution in [1.29, 1.82) is 0 Å². The molecule has 2 atom stereocenters. The quantitative estimate of drug-likeness (QED) is 0.740. The highest BCUT2D eigenvalue weighted by molar-refractivity contribution is 5.85. The molecule has 0 radical (unpaired) electrons. The highest BCUT2D eigenvalue weighted by atomic mass is 16.5. The van der Waals surface area contributed by atoms with Crippen molar-refractivity contribution in [3.05, 3.63) is 53.6 Å². The topological polar surface area (TPSA) is 76.5 Å². The lowest BCUT2D eigenvalue weighted by atomic mass is 9.83. The van der Waals surface area contributed by atoms with E-state index in [2.05, 4.69) is 10.3 Å². The van der Waals surface area contributed by atoms with E-state index in [1.807, 2.05) is 53.8 Å². The molecule has 1 aliphatic heterocycles. The van der Waals surface area contributed by atoms with Crippen molar-refractivity contribution in [3.63, 3.8) is 0 Å². The van der Waals surface area contributed by atoms with Gasteiger partial charge in [0, 0.05) is 45.6 Å². The Hall–Kier alpha value is -2.67. The Kier molecular flexibility index (Phi) is 7.04. The molecule has 2 aromatic rings. The van der Waals surface area contributed by atoms with Crippen molar-refractivity contribution >= 4 is 11.8 Å². The molecular weight excluding hydrogens is 368 g/mol. The zero-order valence-electron chi connectivity index (χ0n) is 17.4. The summed E-state index contributed by atoms with van der Waals surface area (Å²) in [6, 6.07) is 7.82. The van der Waals surface area contributed by atoms with E-state index < -0.39 is 0 Å². The van der Waals surface area contributed by atoms with E-state index in [0.717, 1.165) is 17.0 Å². The molecule has 2 amide bonds. The van der Waals surface area contributed by atoms with Gasteiger partial charge in [-0.15, -0.1) is 0 Å². The number of rotatable bonds is 8. The molecule has 1 aromatic heterocycles. The van der Waals surface area contributed by atoms with Crippen LogP contribution in [-0.4, -0.2) is 53.1 Å². The van der Waals surface area contributed by atoms with Gasteiger partial charge in [0.2, 0.25) is 11.8 Å². The van der Waals surface area contributed by atoms with Gasteiger partial charge >= 0.3 is 0 Å². The first-order valence-electron chi connectivity index (χ1n) is 10.1. The van der Waals surface area contributed by atoms with Crippen molar-refractivity contribution in [2.75, 3.05) is 26.8 Å². The van der Waals surface area contributed by atoms with Gasteiger partial charge in [-0.3, -0.25) is 9.59 Å². The lowest BCUT2D eigenvalue weighted by Gasteiger charge is -2.40. The van der Waals surface area contributed by atoms with Gasteiger partial charge in [0.15, 0.2) is 0 Å². The first-order valence-corrected chi connectivity index (χ1v) is 10.1. The van der Waals surface area contributed by atoms with E-state index in [1.54, 1.807) is 13.3 Å². The minimum absolute atomic E-state index is 0.0109. The fourth-order valence-corrected chi connectivity index (χ4v) is 3.93. The van der Waals surface area contributed by atoms with E-state index in [1.165, 1.54) is 0 Å². The van der Waals surface area contributed by atoms with E-state index in [0.29, 0.717) is 39.1 Å². The zero-order valence-corrected chi connectivity index (χ0v) is 17.4. The molecule has 1 fully saturated rings. The van der Waals surface area contributed by atoms with Crippen molar-refractivity contribution < 1.29 is 14.3 Å². The summed E-state index contributed by atoms with van der Waals surface area (Å²) in [6.07, 6.45) is 4.59. The maximum absolute atomic E-state index is 13.1. The number of nitrogens with zero attached hydrogens (tertiary/aromatic N) is 3. The third-order valence-electron chi connectivity index (χ3n) is 5.57. The van der Waals surface area contributed by atoms with Crippen LogP contribution in [0.4, 0.5) is 0 Å². The van der Waals surface area contributed by atoms with E-state index in [4.69, 9.17) is 4.74 Å². The van der Waals surface area contributed by atoms with Gasteiger partial charge in [-0.05, 0) is 25.8 Å². The standard InChI is InChI=1S/C22H30N4O3/c1-16-4-6-18(7-5-16)21-19(8-9-20(27)26(21)14-15-29-3)22(28)24-11-13-25-12-10-23-17(25)2/h4-7,10,12,19,21H,8-9,11,13-15H2,1-3H3,(H,24,28)/t19-,21-/m1/s1. The number of aromatic nitrogens is 2. The first-order chi connectivity index (χ1) is 14.0. The van der Waals surface area contributed by atoms with Crippen molar-refractivity contribution in [3.8, 4) is 0 Å². The van der Waals surface area contributed by atoms with Crippen molar-refractivity contribution in [1.82, 2.24) is 19.8 Å². The number of ether oxygens (including phenoxy) is 1. The average molecular weight is 399 g/mol. The molecule has 156 valence electrons. The van der Waals surface area contributed by atoms with Gasteiger partial charge in [0.1, 0.15) is 5.82 Å². The molecule has 0 saturated carbocycles. The van der Waals surface area contributed by atoms with E-state index in [-0.39, 0.29) is 23.8 Å². The third-order valence-corrected chi connectivity index (χ3v) is 5.57. The molecule has 0 bridgehead atoms. The van der Waals surface area contributed by atoms with Gasteiger partial charge in [0.25, 0.3) is 0 Å². The van der Waals surface area contributed by atoms with Crippen LogP contribution in [0.25, 0.3) is 0 Å². The lowest BCUT2D eigenvalue weighted by Crippen LogP contribution is -2.49. The molecule has 0 aliphatic carbocycles. The molecule has 7 nitrogen and oxygen atoms in total. The molecule has 29 heavy (non-hydrogen) atoms. The van der Waals surface area contributed by atoms with Crippen molar-refractivity contribution in [2.45, 2.75) is 39.3 Å². The molecular formula is C22H30N4O3. The molecule has 1 aliphatic rings. The van der Waals surface area contributed by atoms with Crippen LogP contribution in [0.15, 0.2) is 36.7 Å². The van der Waals surface area contributed by atoms with Crippen LogP contribution in [-0.2, 0) is 20.9 Å². The van der Waals surface area contributed by atoms with Gasteiger partial charge < -0.3 is 19.5 Å². The number of hydrogen-bond donors (Lipinski definition) is 1. The smallest absolute Gasteiger partial charge is 0.225 e. The summed E-state index contributed by atoms with van der Waals surface area (Å²) in [5.41, 5.74) is 2.14. The molecule has 1 N–H and O–H groups in total. The van der Waals surface area contributed by atoms with Crippen LogP contribution < -0.4 is 5.32 Å². The van der Waals surface area contributed by atoms with Gasteiger partial charge in [0.05, 0.1) is 18.6 Å².